The summed E-state index contributed by atoms with van der Waals surface area (Å²) in [7, 11) is 1.89. The lowest BCUT2D eigenvalue weighted by atomic mass is 10.2. The normalized spacial score (nSPS) is 10.1. The van der Waals surface area contributed by atoms with Crippen molar-refractivity contribution in [1.82, 2.24) is 5.32 Å². The number of anilines is 1. The van der Waals surface area contributed by atoms with Crippen molar-refractivity contribution in [3.05, 3.63) is 28.2 Å². The van der Waals surface area contributed by atoms with Gasteiger partial charge in [-0.1, -0.05) is 15.9 Å². The highest BCUT2D eigenvalue weighted by atomic mass is 79.9. The van der Waals surface area contributed by atoms with Crippen LogP contribution in [-0.4, -0.2) is 26.0 Å². The fourth-order valence-corrected chi connectivity index (χ4v) is 2.06. The fraction of sp³-hybridized carbons (Fsp3) is 0.417. The van der Waals surface area contributed by atoms with Gasteiger partial charge in [-0.05, 0) is 30.7 Å². The summed E-state index contributed by atoms with van der Waals surface area (Å²) in [6.07, 6.45) is 0. The van der Waals surface area contributed by atoms with Crippen molar-refractivity contribution in [3.8, 4) is 0 Å². The maximum atomic E-state index is 11.5. The lowest BCUT2D eigenvalue weighted by molar-refractivity contribution is -0.119. The van der Waals surface area contributed by atoms with Gasteiger partial charge in [-0.15, -0.1) is 0 Å². The van der Waals surface area contributed by atoms with Gasteiger partial charge in [0.1, 0.15) is 0 Å². The summed E-state index contributed by atoms with van der Waals surface area (Å²) in [5.74, 6) is 0.0178. The van der Waals surface area contributed by atoms with Crippen LogP contribution in [0.25, 0.3) is 0 Å². The second-order valence-corrected chi connectivity index (χ2v) is 4.75. The Kier molecular flexibility index (Phi) is 5.44. The topological polar surface area (TPSA) is 58.4 Å². The first-order valence-corrected chi connectivity index (χ1v) is 6.33. The summed E-state index contributed by atoms with van der Waals surface area (Å²) >= 11 is 3.44. The van der Waals surface area contributed by atoms with Crippen LogP contribution in [0.2, 0.25) is 0 Å². The molecule has 1 aromatic rings. The summed E-state index contributed by atoms with van der Waals surface area (Å²) in [6, 6.07) is 5.94. The Bertz CT molecular complexity index is 395. The third-order valence-corrected chi connectivity index (χ3v) is 2.83. The van der Waals surface area contributed by atoms with Crippen LogP contribution in [0.5, 0.6) is 0 Å². The van der Waals surface area contributed by atoms with Crippen LogP contribution >= 0.6 is 15.9 Å². The number of likely N-dealkylation sites (N-methyl/N-ethyl adjacent to an activating group) is 2. The quantitative estimate of drug-likeness (QED) is 0.866. The van der Waals surface area contributed by atoms with E-state index >= 15 is 0 Å². The second-order valence-electron chi connectivity index (χ2n) is 3.83. The second kappa shape index (κ2) is 6.61. The van der Waals surface area contributed by atoms with E-state index in [1.165, 1.54) is 0 Å². The first-order chi connectivity index (χ1) is 8.06. The van der Waals surface area contributed by atoms with Crippen LogP contribution < -0.4 is 16.0 Å². The van der Waals surface area contributed by atoms with Crippen LogP contribution in [-0.2, 0) is 11.3 Å². The molecule has 0 unspecified atom stereocenters. The Labute approximate surface area is 110 Å². The van der Waals surface area contributed by atoms with Crippen LogP contribution in [0.4, 0.5) is 5.69 Å². The summed E-state index contributed by atoms with van der Waals surface area (Å²) < 4.78 is 0.971. The molecule has 0 aliphatic rings. The van der Waals surface area contributed by atoms with Crippen molar-refractivity contribution < 1.29 is 4.79 Å². The standard InChI is InChI=1S/C12H18BrN3O/c1-3-15-12(17)8-16(2)11-5-9(7-14)4-10(13)6-11/h4-6H,3,7-8,14H2,1-2H3,(H,15,17). The summed E-state index contributed by atoms with van der Waals surface area (Å²) in [5, 5.41) is 2.77. The van der Waals surface area contributed by atoms with Crippen LogP contribution in [0.3, 0.4) is 0 Å². The Morgan fingerprint density at radius 3 is 2.76 bits per heavy atom. The number of carbonyl (C=O) groups excluding carboxylic acids is 1. The minimum absolute atomic E-state index is 0.0178. The number of nitrogens with two attached hydrogens (primary N) is 1. The van der Waals surface area contributed by atoms with E-state index in [-0.39, 0.29) is 5.91 Å². The van der Waals surface area contributed by atoms with Gasteiger partial charge < -0.3 is 16.0 Å². The molecular weight excluding hydrogens is 282 g/mol. The lowest BCUT2D eigenvalue weighted by Gasteiger charge is -2.19. The van der Waals surface area contributed by atoms with E-state index in [1.807, 2.05) is 37.1 Å². The van der Waals surface area contributed by atoms with Crippen LogP contribution in [0, 0.1) is 0 Å². The Hall–Kier alpha value is -1.07. The van der Waals surface area contributed by atoms with Gasteiger partial charge in [-0.25, -0.2) is 0 Å². The molecule has 1 aromatic carbocycles. The van der Waals surface area contributed by atoms with Gasteiger partial charge in [-0.2, -0.15) is 0 Å². The van der Waals surface area contributed by atoms with Crippen molar-refractivity contribution in [1.29, 1.82) is 0 Å². The first-order valence-electron chi connectivity index (χ1n) is 5.54. The van der Waals surface area contributed by atoms with Gasteiger partial charge >= 0.3 is 0 Å². The van der Waals surface area contributed by atoms with E-state index in [9.17, 15) is 4.79 Å². The number of carbonyl (C=O) groups is 1. The number of nitrogens with zero attached hydrogens (tertiary/aromatic N) is 1. The van der Waals surface area contributed by atoms with Gasteiger partial charge in [0.2, 0.25) is 5.91 Å². The molecule has 0 spiro atoms. The number of rotatable bonds is 5. The molecule has 0 aliphatic carbocycles. The highest BCUT2D eigenvalue weighted by Gasteiger charge is 2.08. The van der Waals surface area contributed by atoms with Crippen molar-refractivity contribution in [3.63, 3.8) is 0 Å². The third kappa shape index (κ3) is 4.36. The molecule has 0 bridgehead atoms. The summed E-state index contributed by atoms with van der Waals surface area (Å²) in [6.45, 7) is 3.39. The smallest absolute Gasteiger partial charge is 0.239 e. The molecule has 1 amide bonds. The van der Waals surface area contributed by atoms with Crippen LogP contribution in [0.1, 0.15) is 12.5 Å². The zero-order valence-electron chi connectivity index (χ0n) is 10.2. The number of nitrogens with one attached hydrogen (secondary N) is 1. The van der Waals surface area contributed by atoms with Crippen LogP contribution in [0.15, 0.2) is 22.7 Å². The zero-order chi connectivity index (χ0) is 12.8. The third-order valence-electron chi connectivity index (χ3n) is 2.37. The molecule has 0 aromatic heterocycles. The maximum absolute atomic E-state index is 11.5. The number of hydrogen-bond acceptors (Lipinski definition) is 3. The average Bonchev–Trinajstić information content (AvgIpc) is 2.28. The molecule has 0 fully saturated rings. The molecule has 1 rings (SSSR count). The van der Waals surface area contributed by atoms with E-state index < -0.39 is 0 Å². The molecule has 0 atom stereocenters. The van der Waals surface area contributed by atoms with Gasteiger partial charge in [0.05, 0.1) is 6.54 Å². The van der Waals surface area contributed by atoms with Gasteiger partial charge in [0, 0.05) is 30.3 Å². The molecule has 0 heterocycles. The highest BCUT2D eigenvalue weighted by Crippen LogP contribution is 2.21. The first kappa shape index (κ1) is 14.0. The summed E-state index contributed by atoms with van der Waals surface area (Å²) in [4.78, 5) is 13.4. The largest absolute Gasteiger partial charge is 0.365 e. The predicted molar refractivity (Wildman–Crippen MR) is 74.0 cm³/mol. The average molecular weight is 300 g/mol. The fourth-order valence-electron chi connectivity index (χ4n) is 1.53. The maximum Gasteiger partial charge on any atom is 0.239 e. The lowest BCUT2D eigenvalue weighted by Crippen LogP contribution is -2.35. The molecule has 4 nitrogen and oxygen atoms in total. The molecule has 94 valence electrons. The number of benzene rings is 1. The zero-order valence-corrected chi connectivity index (χ0v) is 11.8. The number of amides is 1. The highest BCUT2D eigenvalue weighted by molar-refractivity contribution is 9.10. The van der Waals surface area contributed by atoms with Crippen molar-refractivity contribution in [2.24, 2.45) is 5.73 Å². The van der Waals surface area contributed by atoms with E-state index in [0.717, 1.165) is 15.7 Å². The molecule has 5 heteroatoms. The van der Waals surface area contributed by atoms with E-state index in [4.69, 9.17) is 5.73 Å². The van der Waals surface area contributed by atoms with E-state index in [1.54, 1.807) is 0 Å². The molecule has 0 radical (unpaired) electrons. The van der Waals surface area contributed by atoms with Gasteiger partial charge in [0.15, 0.2) is 0 Å². The van der Waals surface area contributed by atoms with E-state index in [0.29, 0.717) is 19.6 Å². The number of hydrogen-bond donors (Lipinski definition) is 2. The van der Waals surface area contributed by atoms with Crippen molar-refractivity contribution >= 4 is 27.5 Å². The predicted octanol–water partition coefficient (Wildman–Crippen LogP) is 1.48. The monoisotopic (exact) mass is 299 g/mol. The molecule has 0 aliphatic heterocycles. The van der Waals surface area contributed by atoms with Gasteiger partial charge in [0.25, 0.3) is 0 Å². The molecule has 17 heavy (non-hydrogen) atoms. The Morgan fingerprint density at radius 2 is 2.18 bits per heavy atom. The minimum Gasteiger partial charge on any atom is -0.365 e. The summed E-state index contributed by atoms with van der Waals surface area (Å²) in [5.41, 5.74) is 7.63. The van der Waals surface area contributed by atoms with Crippen molar-refractivity contribution in [2.45, 2.75) is 13.5 Å². The van der Waals surface area contributed by atoms with E-state index in [2.05, 4.69) is 21.2 Å². The molecular formula is C12H18BrN3O. The SMILES string of the molecule is CCNC(=O)CN(C)c1cc(Br)cc(CN)c1. The molecule has 0 saturated carbocycles. The Morgan fingerprint density at radius 1 is 1.47 bits per heavy atom. The molecule has 3 N–H and O–H groups in total. The van der Waals surface area contributed by atoms with Gasteiger partial charge in [-0.3, -0.25) is 4.79 Å². The van der Waals surface area contributed by atoms with Crippen molar-refractivity contribution in [2.75, 3.05) is 25.0 Å². The Balaban J connectivity index is 2.77. The molecule has 0 saturated heterocycles. The number of halogens is 1. The minimum atomic E-state index is 0.0178.